The van der Waals surface area contributed by atoms with Crippen LogP contribution in [-0.4, -0.2) is 19.0 Å². The number of rotatable bonds is 4. The van der Waals surface area contributed by atoms with E-state index >= 15 is 0 Å². The molecule has 0 aromatic heterocycles. The van der Waals surface area contributed by atoms with Gasteiger partial charge in [0.25, 0.3) is 0 Å². The SMILES string of the molecule is NCCNC(=O)C1(c2cccc(Cl)c2)CCCC1. The van der Waals surface area contributed by atoms with Crippen LogP contribution in [0.5, 0.6) is 0 Å². The maximum Gasteiger partial charge on any atom is 0.230 e. The Balaban J connectivity index is 2.29. The first-order valence-corrected chi connectivity index (χ1v) is 6.81. The van der Waals surface area contributed by atoms with E-state index in [0.29, 0.717) is 18.1 Å². The summed E-state index contributed by atoms with van der Waals surface area (Å²) in [4.78, 5) is 12.4. The van der Waals surface area contributed by atoms with Crippen LogP contribution in [-0.2, 0) is 10.2 Å². The summed E-state index contributed by atoms with van der Waals surface area (Å²) in [6.07, 6.45) is 3.96. The van der Waals surface area contributed by atoms with Gasteiger partial charge in [0, 0.05) is 18.1 Å². The van der Waals surface area contributed by atoms with E-state index in [-0.39, 0.29) is 5.91 Å². The smallest absolute Gasteiger partial charge is 0.230 e. The van der Waals surface area contributed by atoms with E-state index in [0.717, 1.165) is 31.2 Å². The third-order valence-electron chi connectivity index (χ3n) is 3.70. The van der Waals surface area contributed by atoms with Crippen molar-refractivity contribution >= 4 is 17.5 Å². The van der Waals surface area contributed by atoms with Crippen LogP contribution >= 0.6 is 11.6 Å². The molecule has 1 amide bonds. The van der Waals surface area contributed by atoms with E-state index in [9.17, 15) is 4.79 Å². The number of benzene rings is 1. The first kappa shape index (κ1) is 13.4. The van der Waals surface area contributed by atoms with Crippen molar-refractivity contribution in [3.63, 3.8) is 0 Å². The first-order valence-electron chi connectivity index (χ1n) is 6.43. The standard InChI is InChI=1S/C14H19ClN2O/c15-12-5-3-4-11(10-12)14(6-1-2-7-14)13(18)17-9-8-16/h3-5,10H,1-2,6-9,16H2,(H,17,18). The lowest BCUT2D eigenvalue weighted by Gasteiger charge is -2.28. The molecule has 1 saturated carbocycles. The van der Waals surface area contributed by atoms with Gasteiger partial charge in [0.05, 0.1) is 5.41 Å². The highest BCUT2D eigenvalue weighted by molar-refractivity contribution is 6.30. The highest BCUT2D eigenvalue weighted by atomic mass is 35.5. The fourth-order valence-corrected chi connectivity index (χ4v) is 2.96. The molecule has 18 heavy (non-hydrogen) atoms. The zero-order chi connectivity index (χ0) is 13.0. The molecule has 0 unspecified atom stereocenters. The summed E-state index contributed by atoms with van der Waals surface area (Å²) in [5, 5.41) is 3.61. The van der Waals surface area contributed by atoms with Gasteiger partial charge in [-0.15, -0.1) is 0 Å². The van der Waals surface area contributed by atoms with Crippen LogP contribution in [0.2, 0.25) is 5.02 Å². The van der Waals surface area contributed by atoms with E-state index in [2.05, 4.69) is 5.32 Å². The van der Waals surface area contributed by atoms with Gasteiger partial charge in [-0.25, -0.2) is 0 Å². The van der Waals surface area contributed by atoms with Crippen LogP contribution in [0.3, 0.4) is 0 Å². The zero-order valence-electron chi connectivity index (χ0n) is 10.4. The molecule has 3 nitrogen and oxygen atoms in total. The molecule has 0 spiro atoms. The Hall–Kier alpha value is -1.06. The van der Waals surface area contributed by atoms with Gasteiger partial charge in [0.2, 0.25) is 5.91 Å². The number of halogens is 1. The first-order chi connectivity index (χ1) is 8.69. The van der Waals surface area contributed by atoms with E-state index in [4.69, 9.17) is 17.3 Å². The Morgan fingerprint density at radius 3 is 2.72 bits per heavy atom. The van der Waals surface area contributed by atoms with Gasteiger partial charge in [-0.2, -0.15) is 0 Å². The van der Waals surface area contributed by atoms with Crippen molar-refractivity contribution in [1.82, 2.24) is 5.32 Å². The predicted molar refractivity (Wildman–Crippen MR) is 73.7 cm³/mol. The summed E-state index contributed by atoms with van der Waals surface area (Å²) in [7, 11) is 0. The normalized spacial score (nSPS) is 17.7. The van der Waals surface area contributed by atoms with Gasteiger partial charge in [-0.05, 0) is 30.5 Å². The number of amides is 1. The molecular formula is C14H19ClN2O. The molecule has 1 aromatic rings. The Morgan fingerprint density at radius 2 is 2.11 bits per heavy atom. The number of carbonyl (C=O) groups is 1. The maximum absolute atomic E-state index is 12.4. The van der Waals surface area contributed by atoms with Crippen LogP contribution in [0.1, 0.15) is 31.2 Å². The van der Waals surface area contributed by atoms with Crippen molar-refractivity contribution in [3.8, 4) is 0 Å². The number of carbonyl (C=O) groups excluding carboxylic acids is 1. The van der Waals surface area contributed by atoms with Crippen molar-refractivity contribution in [2.45, 2.75) is 31.1 Å². The minimum atomic E-state index is -0.403. The number of hydrogen-bond donors (Lipinski definition) is 2. The second kappa shape index (κ2) is 5.72. The van der Waals surface area contributed by atoms with Crippen LogP contribution in [0.15, 0.2) is 24.3 Å². The summed E-state index contributed by atoms with van der Waals surface area (Å²) in [5.74, 6) is 0.0905. The molecule has 1 aliphatic rings. The molecule has 0 radical (unpaired) electrons. The molecule has 3 N–H and O–H groups in total. The number of nitrogens with one attached hydrogen (secondary N) is 1. The number of hydrogen-bond acceptors (Lipinski definition) is 2. The van der Waals surface area contributed by atoms with Gasteiger partial charge >= 0.3 is 0 Å². The lowest BCUT2D eigenvalue weighted by atomic mass is 9.78. The molecule has 0 aliphatic heterocycles. The van der Waals surface area contributed by atoms with Crippen LogP contribution < -0.4 is 11.1 Å². The van der Waals surface area contributed by atoms with Crippen molar-refractivity contribution in [2.24, 2.45) is 5.73 Å². The predicted octanol–water partition coefficient (Wildman–Crippen LogP) is 2.23. The maximum atomic E-state index is 12.4. The molecule has 0 heterocycles. The van der Waals surface area contributed by atoms with Crippen molar-refractivity contribution in [3.05, 3.63) is 34.9 Å². The molecule has 0 saturated heterocycles. The highest BCUT2D eigenvalue weighted by Crippen LogP contribution is 2.41. The molecular weight excluding hydrogens is 248 g/mol. The van der Waals surface area contributed by atoms with E-state index in [1.165, 1.54) is 0 Å². The highest BCUT2D eigenvalue weighted by Gasteiger charge is 2.42. The average Bonchev–Trinajstić information content (AvgIpc) is 2.86. The zero-order valence-corrected chi connectivity index (χ0v) is 11.2. The minimum absolute atomic E-state index is 0.0905. The Bertz CT molecular complexity index is 428. The lowest BCUT2D eigenvalue weighted by Crippen LogP contribution is -2.44. The average molecular weight is 267 g/mol. The molecule has 98 valence electrons. The molecule has 2 rings (SSSR count). The Kier molecular flexibility index (Phi) is 4.25. The minimum Gasteiger partial charge on any atom is -0.354 e. The largest absolute Gasteiger partial charge is 0.354 e. The Morgan fingerprint density at radius 1 is 1.39 bits per heavy atom. The van der Waals surface area contributed by atoms with Gasteiger partial charge in [0.1, 0.15) is 0 Å². The van der Waals surface area contributed by atoms with Crippen molar-refractivity contribution in [2.75, 3.05) is 13.1 Å². The summed E-state index contributed by atoms with van der Waals surface area (Å²) in [5.41, 5.74) is 6.07. The van der Waals surface area contributed by atoms with Gasteiger partial charge in [-0.3, -0.25) is 4.79 Å². The van der Waals surface area contributed by atoms with Gasteiger partial charge in [0.15, 0.2) is 0 Å². The molecule has 0 bridgehead atoms. The quantitative estimate of drug-likeness (QED) is 0.878. The second-order valence-electron chi connectivity index (χ2n) is 4.84. The molecule has 0 atom stereocenters. The summed E-state index contributed by atoms with van der Waals surface area (Å²) < 4.78 is 0. The Labute approximate surface area is 113 Å². The van der Waals surface area contributed by atoms with E-state index in [1.54, 1.807) is 0 Å². The summed E-state index contributed by atoms with van der Waals surface area (Å²) in [6, 6.07) is 7.66. The molecule has 4 heteroatoms. The van der Waals surface area contributed by atoms with Crippen molar-refractivity contribution < 1.29 is 4.79 Å². The van der Waals surface area contributed by atoms with Crippen LogP contribution in [0.25, 0.3) is 0 Å². The van der Waals surface area contributed by atoms with E-state index < -0.39 is 5.41 Å². The third-order valence-corrected chi connectivity index (χ3v) is 3.93. The summed E-state index contributed by atoms with van der Waals surface area (Å²) >= 11 is 6.04. The fraction of sp³-hybridized carbons (Fsp3) is 0.500. The summed E-state index contributed by atoms with van der Waals surface area (Å²) in [6.45, 7) is 0.999. The number of nitrogens with two attached hydrogens (primary N) is 1. The lowest BCUT2D eigenvalue weighted by molar-refractivity contribution is -0.126. The van der Waals surface area contributed by atoms with E-state index in [1.807, 2.05) is 24.3 Å². The van der Waals surface area contributed by atoms with Gasteiger partial charge in [-0.1, -0.05) is 36.6 Å². The third kappa shape index (κ3) is 2.52. The fourth-order valence-electron chi connectivity index (χ4n) is 2.77. The van der Waals surface area contributed by atoms with Crippen LogP contribution in [0.4, 0.5) is 0 Å². The topological polar surface area (TPSA) is 55.1 Å². The molecule has 1 aliphatic carbocycles. The molecule has 1 fully saturated rings. The van der Waals surface area contributed by atoms with Gasteiger partial charge < -0.3 is 11.1 Å². The van der Waals surface area contributed by atoms with Crippen molar-refractivity contribution in [1.29, 1.82) is 0 Å². The van der Waals surface area contributed by atoms with Crippen LogP contribution in [0, 0.1) is 0 Å². The molecule has 1 aromatic carbocycles. The monoisotopic (exact) mass is 266 g/mol. The second-order valence-corrected chi connectivity index (χ2v) is 5.28.